The van der Waals surface area contributed by atoms with Crippen molar-refractivity contribution in [2.45, 2.75) is 44.3 Å². The lowest BCUT2D eigenvalue weighted by molar-refractivity contribution is 0.0980. The summed E-state index contributed by atoms with van der Waals surface area (Å²) < 4.78 is 30.8. The van der Waals surface area contributed by atoms with Crippen LogP contribution in [0.2, 0.25) is 0 Å². The van der Waals surface area contributed by atoms with Crippen molar-refractivity contribution >= 4 is 34.0 Å². The normalized spacial score (nSPS) is 29.1. The number of hydrogen-bond acceptors (Lipinski definition) is 10. The Balaban J connectivity index is 1.53. The second-order valence-corrected chi connectivity index (χ2v) is 11.0. The van der Waals surface area contributed by atoms with Crippen LogP contribution >= 0.6 is 0 Å². The highest BCUT2D eigenvalue weighted by Crippen LogP contribution is 2.38. The number of anilines is 2. The molecule has 2 N–H and O–H groups in total. The van der Waals surface area contributed by atoms with Crippen molar-refractivity contribution in [1.29, 1.82) is 0 Å². The van der Waals surface area contributed by atoms with Gasteiger partial charge in [-0.2, -0.15) is 9.29 Å². The van der Waals surface area contributed by atoms with Gasteiger partial charge in [0.1, 0.15) is 5.82 Å². The summed E-state index contributed by atoms with van der Waals surface area (Å²) in [6.07, 6.45) is 3.92. The highest BCUT2D eigenvalue weighted by molar-refractivity contribution is 7.88. The summed E-state index contributed by atoms with van der Waals surface area (Å²) in [4.78, 5) is 23.2. The number of morpholine rings is 1. The van der Waals surface area contributed by atoms with Gasteiger partial charge in [0.25, 0.3) is 0 Å². The fourth-order valence-corrected chi connectivity index (χ4v) is 5.75. The number of guanidine groups is 1. The number of fused-ring (bicyclic) bond motifs is 1. The minimum absolute atomic E-state index is 0.0695. The standard InChI is InChI=1S/C20H30N8O3S/c1-12-11-31-7-6-27(12)20-24-17(16-8-22-19(21)23-13(16)2)15-4-5-28(18(15)25-20)14-9-26(10-14)32(3,29)30/h8,12-14,16H,4-7,9-11H2,1-3H3,(H2,21,23). The molecule has 3 atom stereocenters. The molecule has 0 spiro atoms. The van der Waals surface area contributed by atoms with Gasteiger partial charge < -0.3 is 20.3 Å². The first kappa shape index (κ1) is 21.5. The van der Waals surface area contributed by atoms with Gasteiger partial charge >= 0.3 is 0 Å². The van der Waals surface area contributed by atoms with Gasteiger partial charge in [-0.1, -0.05) is 0 Å². The van der Waals surface area contributed by atoms with E-state index in [4.69, 9.17) is 20.4 Å². The second kappa shape index (κ2) is 7.92. The topological polar surface area (TPSA) is 130 Å². The van der Waals surface area contributed by atoms with Crippen LogP contribution in [0.1, 0.15) is 31.0 Å². The van der Waals surface area contributed by atoms with Crippen LogP contribution < -0.4 is 15.5 Å². The van der Waals surface area contributed by atoms with Crippen molar-refractivity contribution in [2.24, 2.45) is 15.7 Å². The number of rotatable bonds is 4. The maximum absolute atomic E-state index is 11.9. The third-order valence-corrected chi connectivity index (χ3v) is 8.02. The first-order chi connectivity index (χ1) is 15.2. The highest BCUT2D eigenvalue weighted by Gasteiger charge is 2.42. The van der Waals surface area contributed by atoms with Crippen molar-refractivity contribution in [2.75, 3.05) is 55.4 Å². The van der Waals surface area contributed by atoms with E-state index in [-0.39, 0.29) is 24.0 Å². The fourth-order valence-electron chi connectivity index (χ4n) is 4.86. The Morgan fingerprint density at radius 1 is 1.16 bits per heavy atom. The Bertz CT molecular complexity index is 1070. The Labute approximate surface area is 188 Å². The van der Waals surface area contributed by atoms with E-state index >= 15 is 0 Å². The molecule has 1 aromatic heterocycles. The van der Waals surface area contributed by atoms with Gasteiger partial charge in [-0.05, 0) is 20.3 Å². The Hall–Kier alpha value is -2.31. The van der Waals surface area contributed by atoms with Gasteiger partial charge in [-0.25, -0.2) is 23.4 Å². The van der Waals surface area contributed by atoms with E-state index in [1.165, 1.54) is 10.6 Å². The van der Waals surface area contributed by atoms with Crippen LogP contribution in [0.4, 0.5) is 11.8 Å². The number of nitrogens with zero attached hydrogens (tertiary/aromatic N) is 7. The van der Waals surface area contributed by atoms with Crippen LogP contribution in [0.5, 0.6) is 0 Å². The highest BCUT2D eigenvalue weighted by atomic mass is 32.2. The summed E-state index contributed by atoms with van der Waals surface area (Å²) in [5, 5.41) is 0. The SMILES string of the molecule is CC1N=C(N)N=CC1c1nc(N2CCOCC2C)nc2c1CCN2C1CN(S(C)(=O)=O)C1. The monoisotopic (exact) mass is 462 g/mol. The molecule has 2 saturated heterocycles. The van der Waals surface area contributed by atoms with Crippen molar-refractivity contribution in [3.63, 3.8) is 0 Å². The zero-order chi connectivity index (χ0) is 22.6. The van der Waals surface area contributed by atoms with Crippen LogP contribution in [0.3, 0.4) is 0 Å². The van der Waals surface area contributed by atoms with Gasteiger partial charge in [-0.3, -0.25) is 0 Å². The zero-order valence-electron chi connectivity index (χ0n) is 18.7. The third-order valence-electron chi connectivity index (χ3n) is 6.78. The lowest BCUT2D eigenvalue weighted by Crippen LogP contribution is -2.60. The Kier molecular flexibility index (Phi) is 5.33. The number of ether oxygens (including phenoxy) is 1. The molecule has 5 heterocycles. The fraction of sp³-hybridized carbons (Fsp3) is 0.700. The zero-order valence-corrected chi connectivity index (χ0v) is 19.5. The van der Waals surface area contributed by atoms with Gasteiger partial charge in [-0.15, -0.1) is 0 Å². The molecule has 174 valence electrons. The molecule has 2 fully saturated rings. The first-order valence-electron chi connectivity index (χ1n) is 11.1. The third kappa shape index (κ3) is 3.73. The minimum Gasteiger partial charge on any atom is -0.377 e. The molecular formula is C20H30N8O3S. The molecule has 5 rings (SSSR count). The van der Waals surface area contributed by atoms with Gasteiger partial charge in [0.2, 0.25) is 21.9 Å². The summed E-state index contributed by atoms with van der Waals surface area (Å²) in [7, 11) is -3.17. The summed E-state index contributed by atoms with van der Waals surface area (Å²) in [6, 6.07) is 0.217. The maximum Gasteiger partial charge on any atom is 0.227 e. The van der Waals surface area contributed by atoms with Crippen molar-refractivity contribution < 1.29 is 13.2 Å². The number of nitrogens with two attached hydrogens (primary N) is 1. The Morgan fingerprint density at radius 3 is 2.62 bits per heavy atom. The summed E-state index contributed by atoms with van der Waals surface area (Å²) in [5.74, 6) is 1.80. The molecule has 3 unspecified atom stereocenters. The van der Waals surface area contributed by atoms with Crippen molar-refractivity contribution in [3.05, 3.63) is 11.3 Å². The molecule has 4 aliphatic heterocycles. The largest absolute Gasteiger partial charge is 0.377 e. The van der Waals surface area contributed by atoms with Crippen LogP contribution in [-0.4, -0.2) is 98.6 Å². The molecule has 1 aromatic rings. The quantitative estimate of drug-likeness (QED) is 0.639. The lowest BCUT2D eigenvalue weighted by atomic mass is 9.94. The van der Waals surface area contributed by atoms with E-state index < -0.39 is 10.0 Å². The number of hydrogen-bond donors (Lipinski definition) is 1. The van der Waals surface area contributed by atoms with E-state index in [0.29, 0.717) is 38.2 Å². The van der Waals surface area contributed by atoms with Crippen molar-refractivity contribution in [1.82, 2.24) is 14.3 Å². The molecule has 0 aromatic carbocycles. The van der Waals surface area contributed by atoms with Crippen molar-refractivity contribution in [3.8, 4) is 0 Å². The molecule has 0 amide bonds. The van der Waals surface area contributed by atoms with Gasteiger partial charge in [0, 0.05) is 38.0 Å². The van der Waals surface area contributed by atoms with E-state index in [1.807, 2.05) is 13.1 Å². The predicted octanol–water partition coefficient (Wildman–Crippen LogP) is -0.421. The minimum atomic E-state index is -3.17. The van der Waals surface area contributed by atoms with Gasteiger partial charge in [0.05, 0.1) is 49.2 Å². The summed E-state index contributed by atoms with van der Waals surface area (Å²) in [5.41, 5.74) is 7.86. The predicted molar refractivity (Wildman–Crippen MR) is 123 cm³/mol. The average molecular weight is 463 g/mol. The van der Waals surface area contributed by atoms with Gasteiger partial charge in [0.15, 0.2) is 0 Å². The molecule has 0 bridgehead atoms. The van der Waals surface area contributed by atoms with Crippen LogP contribution in [0.25, 0.3) is 0 Å². The Morgan fingerprint density at radius 2 is 1.94 bits per heavy atom. The second-order valence-electron chi connectivity index (χ2n) is 9.04. The molecule has 0 radical (unpaired) electrons. The smallest absolute Gasteiger partial charge is 0.227 e. The van der Waals surface area contributed by atoms with Crippen LogP contribution in [0, 0.1) is 0 Å². The van der Waals surface area contributed by atoms with Crippen LogP contribution in [0.15, 0.2) is 9.98 Å². The molecule has 4 aliphatic rings. The molecule has 0 aliphatic carbocycles. The molecular weight excluding hydrogens is 432 g/mol. The molecule has 12 heteroatoms. The average Bonchev–Trinajstić information content (AvgIpc) is 3.09. The summed E-state index contributed by atoms with van der Waals surface area (Å²) in [6.45, 7) is 7.91. The molecule has 32 heavy (non-hydrogen) atoms. The van der Waals surface area contributed by atoms with E-state index in [2.05, 4.69) is 26.7 Å². The number of aliphatic imine (C=N–C) groups is 2. The van der Waals surface area contributed by atoms with Crippen LogP contribution in [-0.2, 0) is 21.2 Å². The summed E-state index contributed by atoms with van der Waals surface area (Å²) >= 11 is 0. The molecule has 0 saturated carbocycles. The van der Waals surface area contributed by atoms with E-state index in [9.17, 15) is 8.42 Å². The van der Waals surface area contributed by atoms with E-state index in [0.717, 1.165) is 36.6 Å². The molecule has 11 nitrogen and oxygen atoms in total. The number of aromatic nitrogens is 2. The number of sulfonamides is 1. The lowest BCUT2D eigenvalue weighted by Gasteiger charge is -2.43. The maximum atomic E-state index is 11.9. The van der Waals surface area contributed by atoms with E-state index in [1.54, 1.807) is 0 Å². The first-order valence-corrected chi connectivity index (χ1v) is 12.9.